The van der Waals surface area contributed by atoms with Crippen LogP contribution in [-0.2, 0) is 11.2 Å². The second-order valence-corrected chi connectivity index (χ2v) is 6.51. The van der Waals surface area contributed by atoms with Gasteiger partial charge in [-0.15, -0.1) is 24.8 Å². The Morgan fingerprint density at radius 1 is 1.14 bits per heavy atom. The summed E-state index contributed by atoms with van der Waals surface area (Å²) in [5.41, 5.74) is 1.44. The molecular weight excluding hydrogens is 399 g/mol. The first-order valence-corrected chi connectivity index (χ1v) is 8.98. The fourth-order valence-corrected chi connectivity index (χ4v) is 3.07. The van der Waals surface area contributed by atoms with Crippen molar-refractivity contribution in [3.63, 3.8) is 0 Å². The van der Waals surface area contributed by atoms with Gasteiger partial charge in [0.05, 0.1) is 0 Å². The zero-order chi connectivity index (χ0) is 18.2. The van der Waals surface area contributed by atoms with Crippen LogP contribution in [0.5, 0.6) is 0 Å². The Morgan fingerprint density at radius 3 is 2.57 bits per heavy atom. The number of hydrogen-bond donors (Lipinski definition) is 3. The Balaban J connectivity index is 0.00000196. The number of piperidine rings is 1. The average molecular weight is 425 g/mol. The standard InChI is InChI=1S/C20H24N4O2.2ClH/c25-19(16-7-2-1-3-8-16)24-18(12-15-6-4-10-21-13-15)20(26)23-17-9-5-11-22-14-17;;/h1-4,6-8,10,13,17-18,22H,5,9,11-12,14H2,(H,23,26)(H,24,25);2*1H. The highest BCUT2D eigenvalue weighted by Gasteiger charge is 2.25. The van der Waals surface area contributed by atoms with Crippen molar-refractivity contribution in [3.05, 3.63) is 66.0 Å². The van der Waals surface area contributed by atoms with Crippen molar-refractivity contribution in [1.82, 2.24) is 20.9 Å². The quantitative estimate of drug-likeness (QED) is 0.662. The number of nitrogens with zero attached hydrogens (tertiary/aromatic N) is 1. The fraction of sp³-hybridized carbons (Fsp3) is 0.350. The number of carbonyl (C=O) groups is 2. The van der Waals surface area contributed by atoms with Crippen LogP contribution in [-0.4, -0.2) is 42.0 Å². The van der Waals surface area contributed by atoms with Crippen molar-refractivity contribution in [2.75, 3.05) is 13.1 Å². The van der Waals surface area contributed by atoms with Gasteiger partial charge in [0, 0.05) is 37.0 Å². The molecule has 1 aromatic heterocycles. The van der Waals surface area contributed by atoms with Crippen molar-refractivity contribution in [3.8, 4) is 0 Å². The molecule has 1 fully saturated rings. The van der Waals surface area contributed by atoms with Crippen LogP contribution in [0.1, 0.15) is 28.8 Å². The molecule has 8 heteroatoms. The van der Waals surface area contributed by atoms with Crippen LogP contribution >= 0.6 is 24.8 Å². The normalized spacial score (nSPS) is 16.6. The van der Waals surface area contributed by atoms with Gasteiger partial charge in [-0.2, -0.15) is 0 Å². The van der Waals surface area contributed by atoms with Crippen molar-refractivity contribution < 1.29 is 9.59 Å². The van der Waals surface area contributed by atoms with E-state index in [-0.39, 0.29) is 42.7 Å². The Hall–Kier alpha value is -2.15. The molecule has 2 heterocycles. The van der Waals surface area contributed by atoms with Crippen LogP contribution in [0.2, 0.25) is 0 Å². The van der Waals surface area contributed by atoms with E-state index in [1.54, 1.807) is 36.7 Å². The van der Waals surface area contributed by atoms with Gasteiger partial charge in [-0.1, -0.05) is 24.3 Å². The lowest BCUT2D eigenvalue weighted by Crippen LogP contribution is -2.53. The van der Waals surface area contributed by atoms with E-state index in [0.29, 0.717) is 12.0 Å². The summed E-state index contributed by atoms with van der Waals surface area (Å²) in [7, 11) is 0. The number of benzene rings is 1. The van der Waals surface area contributed by atoms with Gasteiger partial charge in [0.1, 0.15) is 6.04 Å². The highest BCUT2D eigenvalue weighted by atomic mass is 35.5. The van der Waals surface area contributed by atoms with Crippen LogP contribution < -0.4 is 16.0 Å². The van der Waals surface area contributed by atoms with Crippen molar-refractivity contribution in [2.24, 2.45) is 0 Å². The van der Waals surface area contributed by atoms with E-state index < -0.39 is 6.04 Å². The molecule has 0 aliphatic carbocycles. The zero-order valence-corrected chi connectivity index (χ0v) is 17.1. The molecule has 0 bridgehead atoms. The lowest BCUT2D eigenvalue weighted by molar-refractivity contribution is -0.123. The highest BCUT2D eigenvalue weighted by molar-refractivity contribution is 5.97. The Morgan fingerprint density at radius 2 is 1.93 bits per heavy atom. The molecule has 2 unspecified atom stereocenters. The minimum Gasteiger partial charge on any atom is -0.350 e. The third-order valence-electron chi connectivity index (χ3n) is 4.46. The molecule has 6 nitrogen and oxygen atoms in total. The monoisotopic (exact) mass is 424 g/mol. The van der Waals surface area contributed by atoms with Crippen LogP contribution in [0.4, 0.5) is 0 Å². The number of amides is 2. The molecule has 2 atom stereocenters. The molecule has 0 saturated carbocycles. The summed E-state index contributed by atoms with van der Waals surface area (Å²) in [5.74, 6) is -0.414. The van der Waals surface area contributed by atoms with E-state index in [2.05, 4.69) is 20.9 Å². The third kappa shape index (κ3) is 7.11. The average Bonchev–Trinajstić information content (AvgIpc) is 2.69. The van der Waals surface area contributed by atoms with E-state index >= 15 is 0 Å². The van der Waals surface area contributed by atoms with Gasteiger partial charge in [0.15, 0.2) is 0 Å². The van der Waals surface area contributed by atoms with E-state index in [9.17, 15) is 9.59 Å². The van der Waals surface area contributed by atoms with Crippen molar-refractivity contribution in [1.29, 1.82) is 0 Å². The summed E-state index contributed by atoms with van der Waals surface area (Å²) in [6.45, 7) is 1.74. The molecular formula is C20H26Cl2N4O2. The third-order valence-corrected chi connectivity index (χ3v) is 4.46. The Labute approximate surface area is 177 Å². The molecule has 0 spiro atoms. The molecule has 3 N–H and O–H groups in total. The maximum Gasteiger partial charge on any atom is 0.251 e. The van der Waals surface area contributed by atoms with Crippen LogP contribution in [0.15, 0.2) is 54.9 Å². The van der Waals surface area contributed by atoms with Crippen molar-refractivity contribution >= 4 is 36.6 Å². The van der Waals surface area contributed by atoms with Crippen LogP contribution in [0, 0.1) is 0 Å². The molecule has 1 aromatic carbocycles. The Bertz CT molecular complexity index is 726. The van der Waals surface area contributed by atoms with Crippen LogP contribution in [0.25, 0.3) is 0 Å². The van der Waals surface area contributed by atoms with Gasteiger partial charge >= 0.3 is 0 Å². The molecule has 28 heavy (non-hydrogen) atoms. The van der Waals surface area contributed by atoms with Gasteiger partial charge in [0.2, 0.25) is 5.91 Å². The molecule has 3 rings (SSSR count). The predicted molar refractivity (Wildman–Crippen MR) is 114 cm³/mol. The summed E-state index contributed by atoms with van der Waals surface area (Å²) in [4.78, 5) is 29.4. The van der Waals surface area contributed by atoms with Crippen LogP contribution in [0.3, 0.4) is 0 Å². The summed E-state index contributed by atoms with van der Waals surface area (Å²) in [5, 5.41) is 9.21. The molecule has 1 saturated heterocycles. The number of nitrogens with one attached hydrogen (secondary N) is 3. The number of rotatable bonds is 6. The summed E-state index contributed by atoms with van der Waals surface area (Å²) in [6, 6.07) is 12.1. The summed E-state index contributed by atoms with van der Waals surface area (Å²) >= 11 is 0. The molecule has 1 aliphatic rings. The van der Waals surface area contributed by atoms with E-state index in [4.69, 9.17) is 0 Å². The minimum atomic E-state index is -0.645. The number of carbonyl (C=O) groups excluding carboxylic acids is 2. The van der Waals surface area contributed by atoms with E-state index in [1.807, 2.05) is 18.2 Å². The van der Waals surface area contributed by atoms with Gasteiger partial charge < -0.3 is 16.0 Å². The number of halogens is 2. The smallest absolute Gasteiger partial charge is 0.251 e. The zero-order valence-electron chi connectivity index (χ0n) is 15.5. The van der Waals surface area contributed by atoms with E-state index in [1.165, 1.54) is 0 Å². The second kappa shape index (κ2) is 12.3. The highest BCUT2D eigenvalue weighted by Crippen LogP contribution is 2.07. The predicted octanol–water partition coefficient (Wildman–Crippen LogP) is 2.13. The molecule has 2 amide bonds. The Kier molecular flexibility index (Phi) is 10.5. The largest absolute Gasteiger partial charge is 0.350 e. The minimum absolute atomic E-state index is 0. The molecule has 2 aromatic rings. The van der Waals surface area contributed by atoms with Gasteiger partial charge in [-0.3, -0.25) is 14.6 Å². The number of hydrogen-bond acceptors (Lipinski definition) is 4. The first-order chi connectivity index (χ1) is 12.7. The first kappa shape index (κ1) is 23.9. The SMILES string of the molecule is Cl.Cl.O=C(NC(Cc1cccnc1)C(=O)NC1CCCNC1)c1ccccc1. The lowest BCUT2D eigenvalue weighted by atomic mass is 10.0. The molecule has 0 radical (unpaired) electrons. The maximum absolute atomic E-state index is 12.8. The summed E-state index contributed by atoms with van der Waals surface area (Å²) in [6.07, 6.45) is 5.80. The lowest BCUT2D eigenvalue weighted by Gasteiger charge is -2.26. The van der Waals surface area contributed by atoms with Gasteiger partial charge in [-0.05, 0) is 43.1 Å². The van der Waals surface area contributed by atoms with E-state index in [0.717, 1.165) is 31.5 Å². The van der Waals surface area contributed by atoms with Crippen molar-refractivity contribution in [2.45, 2.75) is 31.3 Å². The topological polar surface area (TPSA) is 83.1 Å². The second-order valence-electron chi connectivity index (χ2n) is 6.51. The summed E-state index contributed by atoms with van der Waals surface area (Å²) < 4.78 is 0. The first-order valence-electron chi connectivity index (χ1n) is 8.98. The maximum atomic E-state index is 12.8. The molecule has 152 valence electrons. The fourth-order valence-electron chi connectivity index (χ4n) is 3.07. The van der Waals surface area contributed by atoms with Gasteiger partial charge in [0.25, 0.3) is 5.91 Å². The molecule has 1 aliphatic heterocycles. The number of aromatic nitrogens is 1. The number of pyridine rings is 1. The van der Waals surface area contributed by atoms with Gasteiger partial charge in [-0.25, -0.2) is 0 Å².